The maximum Gasteiger partial charge on any atom is 0.0575 e. The minimum atomic E-state index is 0.399. The molecule has 0 aromatic carbocycles. The Morgan fingerprint density at radius 3 is 2.59 bits per heavy atom. The average Bonchev–Trinajstić information content (AvgIpc) is 2.29. The van der Waals surface area contributed by atoms with Crippen LogP contribution in [0.2, 0.25) is 0 Å². The van der Waals surface area contributed by atoms with E-state index in [1.807, 2.05) is 0 Å². The number of hydrogen-bond acceptors (Lipinski definition) is 3. The number of nitrogens with one attached hydrogen (secondary N) is 1. The molecule has 3 nitrogen and oxygen atoms in total. The van der Waals surface area contributed by atoms with Crippen molar-refractivity contribution >= 4 is 0 Å². The number of hydrogen-bond donors (Lipinski definition) is 2. The zero-order valence-electron chi connectivity index (χ0n) is 11.8. The van der Waals surface area contributed by atoms with Crippen LogP contribution in [0.4, 0.5) is 0 Å². The Labute approximate surface area is 106 Å². The maximum absolute atomic E-state index is 5.75. The molecule has 0 bridgehead atoms. The lowest BCUT2D eigenvalue weighted by Gasteiger charge is -2.26. The zero-order valence-corrected chi connectivity index (χ0v) is 11.8. The molecule has 1 rings (SSSR count). The topological polar surface area (TPSA) is 47.3 Å². The molecule has 1 aliphatic rings. The van der Waals surface area contributed by atoms with E-state index in [1.54, 1.807) is 0 Å². The van der Waals surface area contributed by atoms with Crippen LogP contribution in [0.5, 0.6) is 0 Å². The van der Waals surface area contributed by atoms with E-state index in [9.17, 15) is 0 Å². The highest BCUT2D eigenvalue weighted by atomic mass is 16.5. The molecule has 2 atom stereocenters. The van der Waals surface area contributed by atoms with Gasteiger partial charge in [-0.05, 0) is 50.4 Å². The molecule has 3 N–H and O–H groups in total. The largest absolute Gasteiger partial charge is 0.378 e. The lowest BCUT2D eigenvalue weighted by molar-refractivity contribution is 0.00829. The van der Waals surface area contributed by atoms with Gasteiger partial charge in [0.2, 0.25) is 0 Å². The summed E-state index contributed by atoms with van der Waals surface area (Å²) in [7, 11) is 0. The standard InChI is InChI=1S/C14H30N2O/c1-14(2,3)10-9-12(16-15)7-8-13-6-4-5-11-17-13/h12-13,16H,4-11,15H2,1-3H3. The smallest absolute Gasteiger partial charge is 0.0575 e. The van der Waals surface area contributed by atoms with Gasteiger partial charge in [0.05, 0.1) is 6.10 Å². The first kappa shape index (κ1) is 14.9. The van der Waals surface area contributed by atoms with Crippen molar-refractivity contribution in [2.45, 2.75) is 77.9 Å². The first-order chi connectivity index (χ1) is 8.01. The minimum Gasteiger partial charge on any atom is -0.378 e. The Morgan fingerprint density at radius 2 is 2.06 bits per heavy atom. The fourth-order valence-electron chi connectivity index (χ4n) is 2.34. The molecule has 0 aromatic rings. The first-order valence-electron chi connectivity index (χ1n) is 7.09. The third-order valence-corrected chi connectivity index (χ3v) is 3.59. The SMILES string of the molecule is CC(C)(C)CCC(CCC1CCCCO1)NN. The van der Waals surface area contributed by atoms with Crippen LogP contribution in [0.15, 0.2) is 0 Å². The molecule has 0 aromatic heterocycles. The van der Waals surface area contributed by atoms with Crippen LogP contribution in [-0.2, 0) is 4.74 Å². The van der Waals surface area contributed by atoms with Crippen molar-refractivity contribution < 1.29 is 4.74 Å². The Hall–Kier alpha value is -0.120. The summed E-state index contributed by atoms with van der Waals surface area (Å²) in [5, 5.41) is 0. The van der Waals surface area contributed by atoms with Gasteiger partial charge in [0.15, 0.2) is 0 Å². The van der Waals surface area contributed by atoms with E-state index in [0.29, 0.717) is 17.6 Å². The van der Waals surface area contributed by atoms with Gasteiger partial charge in [0.1, 0.15) is 0 Å². The highest BCUT2D eigenvalue weighted by molar-refractivity contribution is 4.72. The molecule has 0 amide bonds. The van der Waals surface area contributed by atoms with Crippen molar-refractivity contribution in [3.63, 3.8) is 0 Å². The Balaban J connectivity index is 2.17. The number of nitrogens with two attached hydrogens (primary N) is 1. The molecule has 1 saturated heterocycles. The fraction of sp³-hybridized carbons (Fsp3) is 1.00. The molecule has 17 heavy (non-hydrogen) atoms. The molecule has 3 heteroatoms. The predicted octanol–water partition coefficient (Wildman–Crippen LogP) is 2.99. The van der Waals surface area contributed by atoms with Gasteiger partial charge in [-0.15, -0.1) is 0 Å². The van der Waals surface area contributed by atoms with E-state index in [-0.39, 0.29) is 0 Å². The van der Waals surface area contributed by atoms with Crippen LogP contribution in [0, 0.1) is 5.41 Å². The van der Waals surface area contributed by atoms with E-state index in [0.717, 1.165) is 25.9 Å². The van der Waals surface area contributed by atoms with Gasteiger partial charge in [-0.2, -0.15) is 0 Å². The van der Waals surface area contributed by atoms with Gasteiger partial charge >= 0.3 is 0 Å². The Kier molecular flexibility index (Phi) is 6.45. The first-order valence-corrected chi connectivity index (χ1v) is 7.09. The normalized spacial score (nSPS) is 23.6. The van der Waals surface area contributed by atoms with Crippen molar-refractivity contribution in [2.75, 3.05) is 6.61 Å². The molecule has 102 valence electrons. The average molecular weight is 242 g/mol. The summed E-state index contributed by atoms with van der Waals surface area (Å²) >= 11 is 0. The number of ether oxygens (including phenoxy) is 1. The molecular formula is C14H30N2O. The third-order valence-electron chi connectivity index (χ3n) is 3.59. The molecule has 1 aliphatic heterocycles. The summed E-state index contributed by atoms with van der Waals surface area (Å²) in [4.78, 5) is 0. The summed E-state index contributed by atoms with van der Waals surface area (Å²) in [6, 6.07) is 0.444. The van der Waals surface area contributed by atoms with Crippen molar-refractivity contribution in [1.29, 1.82) is 0 Å². The molecule has 0 spiro atoms. The molecule has 0 radical (unpaired) electrons. The lowest BCUT2D eigenvalue weighted by Crippen LogP contribution is -2.36. The van der Waals surface area contributed by atoms with Gasteiger partial charge in [0.25, 0.3) is 0 Å². The van der Waals surface area contributed by atoms with Crippen LogP contribution < -0.4 is 11.3 Å². The van der Waals surface area contributed by atoms with Crippen molar-refractivity contribution in [2.24, 2.45) is 11.3 Å². The van der Waals surface area contributed by atoms with Gasteiger partial charge in [0, 0.05) is 12.6 Å². The van der Waals surface area contributed by atoms with E-state index in [4.69, 9.17) is 10.6 Å². The second-order valence-corrected chi connectivity index (χ2v) is 6.53. The van der Waals surface area contributed by atoms with Crippen LogP contribution >= 0.6 is 0 Å². The molecule has 1 heterocycles. The van der Waals surface area contributed by atoms with Gasteiger partial charge < -0.3 is 4.74 Å². The monoisotopic (exact) mass is 242 g/mol. The number of hydrazine groups is 1. The van der Waals surface area contributed by atoms with Crippen molar-refractivity contribution in [3.05, 3.63) is 0 Å². The van der Waals surface area contributed by atoms with Crippen LogP contribution in [0.3, 0.4) is 0 Å². The third kappa shape index (κ3) is 7.02. The number of rotatable bonds is 6. The fourth-order valence-corrected chi connectivity index (χ4v) is 2.34. The zero-order chi connectivity index (χ0) is 12.7. The summed E-state index contributed by atoms with van der Waals surface area (Å²) in [6.45, 7) is 7.80. The lowest BCUT2D eigenvalue weighted by atomic mass is 9.87. The molecule has 0 aliphatic carbocycles. The van der Waals surface area contributed by atoms with Gasteiger partial charge in [-0.25, -0.2) is 0 Å². The summed E-state index contributed by atoms with van der Waals surface area (Å²) in [6.07, 6.45) is 8.94. The summed E-state index contributed by atoms with van der Waals surface area (Å²) < 4.78 is 5.75. The second kappa shape index (κ2) is 7.34. The highest BCUT2D eigenvalue weighted by Gasteiger charge is 2.18. The van der Waals surface area contributed by atoms with Crippen LogP contribution in [-0.4, -0.2) is 18.8 Å². The van der Waals surface area contributed by atoms with Gasteiger partial charge in [-0.3, -0.25) is 11.3 Å². The Morgan fingerprint density at radius 1 is 1.29 bits per heavy atom. The van der Waals surface area contributed by atoms with E-state index < -0.39 is 0 Å². The quantitative estimate of drug-likeness (QED) is 0.556. The second-order valence-electron chi connectivity index (χ2n) is 6.53. The minimum absolute atomic E-state index is 0.399. The van der Waals surface area contributed by atoms with E-state index >= 15 is 0 Å². The maximum atomic E-state index is 5.75. The van der Waals surface area contributed by atoms with E-state index in [1.165, 1.54) is 25.7 Å². The molecule has 2 unspecified atom stereocenters. The van der Waals surface area contributed by atoms with Crippen molar-refractivity contribution in [1.82, 2.24) is 5.43 Å². The highest BCUT2D eigenvalue weighted by Crippen LogP contribution is 2.24. The van der Waals surface area contributed by atoms with E-state index in [2.05, 4.69) is 26.2 Å². The Bertz CT molecular complexity index is 195. The molecular weight excluding hydrogens is 212 g/mol. The summed E-state index contributed by atoms with van der Waals surface area (Å²) in [5.74, 6) is 5.63. The molecule has 1 fully saturated rings. The van der Waals surface area contributed by atoms with Crippen molar-refractivity contribution in [3.8, 4) is 0 Å². The van der Waals surface area contributed by atoms with Crippen LogP contribution in [0.1, 0.15) is 65.7 Å². The predicted molar refractivity (Wildman–Crippen MR) is 72.6 cm³/mol. The summed E-state index contributed by atoms with van der Waals surface area (Å²) in [5.41, 5.74) is 3.36. The van der Waals surface area contributed by atoms with Crippen LogP contribution in [0.25, 0.3) is 0 Å². The van der Waals surface area contributed by atoms with Gasteiger partial charge in [-0.1, -0.05) is 20.8 Å². The molecule has 0 saturated carbocycles.